The number of carbonyl (C=O) groups excluding carboxylic acids is 1. The van der Waals surface area contributed by atoms with Crippen LogP contribution in [0.2, 0.25) is 19.6 Å². The first-order valence-corrected chi connectivity index (χ1v) is 8.78. The Morgan fingerprint density at radius 3 is 2.07 bits per heavy atom. The van der Waals surface area contributed by atoms with Crippen molar-refractivity contribution in [3.8, 4) is 0 Å². The van der Waals surface area contributed by atoms with Crippen LogP contribution in [0.1, 0.15) is 22.8 Å². The van der Waals surface area contributed by atoms with E-state index in [0.29, 0.717) is 0 Å². The first-order valence-electron chi connectivity index (χ1n) is 5.28. The van der Waals surface area contributed by atoms with Gasteiger partial charge in [0, 0.05) is 5.56 Å². The number of rotatable bonds is 1. The number of fused-ring (bicyclic) bond motifs is 1. The number of allylic oxidation sites excluding steroid dienone is 1. The molecule has 1 aromatic carbocycles. The molecule has 2 heteroatoms. The molecule has 1 aliphatic carbocycles. The van der Waals surface area contributed by atoms with Crippen molar-refractivity contribution in [3.05, 3.63) is 41.0 Å². The van der Waals surface area contributed by atoms with Crippen molar-refractivity contribution in [2.75, 3.05) is 0 Å². The van der Waals surface area contributed by atoms with Crippen molar-refractivity contribution in [1.82, 2.24) is 0 Å². The third-order valence-corrected chi connectivity index (χ3v) is 5.05. The lowest BCUT2D eigenvalue weighted by Gasteiger charge is -2.20. The van der Waals surface area contributed by atoms with Crippen LogP contribution in [0.3, 0.4) is 0 Å². The van der Waals surface area contributed by atoms with E-state index in [4.69, 9.17) is 0 Å². The summed E-state index contributed by atoms with van der Waals surface area (Å²) in [6, 6.07) is 7.98. The highest BCUT2D eigenvalue weighted by atomic mass is 28.3. The molecule has 0 bridgehead atoms. The summed E-state index contributed by atoms with van der Waals surface area (Å²) in [5.41, 5.74) is 3.04. The maximum atomic E-state index is 12.0. The fourth-order valence-corrected chi connectivity index (χ4v) is 4.65. The second-order valence-corrected chi connectivity index (χ2v) is 10.1. The first kappa shape index (κ1) is 10.4. The first-order chi connectivity index (χ1) is 6.93. The smallest absolute Gasteiger partial charge is 0.189 e. The van der Waals surface area contributed by atoms with Crippen molar-refractivity contribution in [1.29, 1.82) is 0 Å². The standard InChI is InChI=1S/C13H16OSi/c1-9-12(14)10-7-5-6-8-11(10)13(9)15(2,3)4/h5-8H,1-4H3. The van der Waals surface area contributed by atoms with Gasteiger partial charge in [0.2, 0.25) is 0 Å². The largest absolute Gasteiger partial charge is 0.289 e. The molecule has 0 aliphatic heterocycles. The molecule has 2 rings (SSSR count). The molecular formula is C13H16OSi. The molecule has 0 unspecified atom stereocenters. The molecule has 1 aromatic rings. The molecule has 0 saturated carbocycles. The minimum atomic E-state index is -1.42. The SMILES string of the molecule is CC1=C([Si](C)(C)C)c2ccccc2C1=O. The summed E-state index contributed by atoms with van der Waals surface area (Å²) in [5.74, 6) is 0.225. The summed E-state index contributed by atoms with van der Waals surface area (Å²) < 4.78 is 0. The predicted octanol–water partition coefficient (Wildman–Crippen LogP) is 3.53. The van der Waals surface area contributed by atoms with Crippen LogP contribution in [-0.4, -0.2) is 13.9 Å². The van der Waals surface area contributed by atoms with Gasteiger partial charge in [0.15, 0.2) is 5.78 Å². The molecule has 15 heavy (non-hydrogen) atoms. The fraction of sp³-hybridized carbons (Fsp3) is 0.308. The van der Waals surface area contributed by atoms with Gasteiger partial charge in [0.25, 0.3) is 0 Å². The van der Waals surface area contributed by atoms with Crippen LogP contribution in [-0.2, 0) is 0 Å². The Bertz CT molecular complexity index is 464. The van der Waals surface area contributed by atoms with Crippen LogP contribution < -0.4 is 0 Å². The zero-order valence-corrected chi connectivity index (χ0v) is 10.7. The van der Waals surface area contributed by atoms with E-state index in [2.05, 4.69) is 25.7 Å². The zero-order valence-electron chi connectivity index (χ0n) is 9.72. The maximum absolute atomic E-state index is 12.0. The lowest BCUT2D eigenvalue weighted by atomic mass is 10.1. The van der Waals surface area contributed by atoms with E-state index >= 15 is 0 Å². The summed E-state index contributed by atoms with van der Waals surface area (Å²) in [6.45, 7) is 8.85. The number of carbonyl (C=O) groups is 1. The van der Waals surface area contributed by atoms with Crippen molar-refractivity contribution in [2.24, 2.45) is 0 Å². The van der Waals surface area contributed by atoms with E-state index in [0.717, 1.165) is 11.1 Å². The number of Topliss-reactive ketones (excluding diaryl/α,β-unsaturated/α-hetero) is 1. The van der Waals surface area contributed by atoms with Crippen LogP contribution in [0.5, 0.6) is 0 Å². The van der Waals surface area contributed by atoms with Gasteiger partial charge in [-0.25, -0.2) is 0 Å². The van der Waals surface area contributed by atoms with Gasteiger partial charge in [0.05, 0.1) is 8.07 Å². The van der Waals surface area contributed by atoms with Crippen molar-refractivity contribution in [2.45, 2.75) is 26.6 Å². The Morgan fingerprint density at radius 1 is 1.00 bits per heavy atom. The molecule has 0 atom stereocenters. The normalized spacial score (nSPS) is 15.9. The minimum Gasteiger partial charge on any atom is -0.289 e. The van der Waals surface area contributed by atoms with E-state index in [1.165, 1.54) is 10.8 Å². The molecule has 78 valence electrons. The summed E-state index contributed by atoms with van der Waals surface area (Å²) in [6.07, 6.45) is 0. The maximum Gasteiger partial charge on any atom is 0.189 e. The monoisotopic (exact) mass is 216 g/mol. The second kappa shape index (κ2) is 3.17. The van der Waals surface area contributed by atoms with E-state index in [1.54, 1.807) is 0 Å². The molecule has 1 nitrogen and oxygen atoms in total. The van der Waals surface area contributed by atoms with Crippen molar-refractivity contribution < 1.29 is 4.79 Å². The molecule has 0 heterocycles. The number of benzene rings is 1. The number of ketones is 1. The Hall–Kier alpha value is -1.15. The summed E-state index contributed by atoms with van der Waals surface area (Å²) in [5, 5.41) is 1.34. The lowest BCUT2D eigenvalue weighted by molar-refractivity contribution is 0.103. The molecule has 0 saturated heterocycles. The quantitative estimate of drug-likeness (QED) is 0.656. The predicted molar refractivity (Wildman–Crippen MR) is 66.7 cm³/mol. The molecular weight excluding hydrogens is 200 g/mol. The van der Waals surface area contributed by atoms with Crippen LogP contribution >= 0.6 is 0 Å². The molecule has 0 N–H and O–H groups in total. The van der Waals surface area contributed by atoms with Gasteiger partial charge in [-0.05, 0) is 23.3 Å². The molecule has 0 fully saturated rings. The van der Waals surface area contributed by atoms with E-state index < -0.39 is 8.07 Å². The highest BCUT2D eigenvalue weighted by Gasteiger charge is 2.33. The van der Waals surface area contributed by atoms with Crippen LogP contribution in [0, 0.1) is 0 Å². The zero-order chi connectivity index (χ0) is 11.2. The van der Waals surface area contributed by atoms with Crippen LogP contribution in [0.25, 0.3) is 5.20 Å². The molecule has 0 radical (unpaired) electrons. The Balaban J connectivity index is 2.71. The minimum absolute atomic E-state index is 0.225. The number of hydrogen-bond donors (Lipinski definition) is 0. The fourth-order valence-electron chi connectivity index (χ4n) is 2.38. The summed E-state index contributed by atoms with van der Waals surface area (Å²) in [7, 11) is -1.42. The van der Waals surface area contributed by atoms with E-state index in [1.807, 2.05) is 25.1 Å². The van der Waals surface area contributed by atoms with Gasteiger partial charge in [-0.2, -0.15) is 0 Å². The molecule has 0 spiro atoms. The van der Waals surface area contributed by atoms with Crippen molar-refractivity contribution >= 4 is 19.1 Å². The highest BCUT2D eigenvalue weighted by Crippen LogP contribution is 2.38. The average Bonchev–Trinajstić information content (AvgIpc) is 2.39. The van der Waals surface area contributed by atoms with Gasteiger partial charge >= 0.3 is 0 Å². The third-order valence-electron chi connectivity index (χ3n) is 2.91. The van der Waals surface area contributed by atoms with Gasteiger partial charge in [-0.15, -0.1) is 0 Å². The van der Waals surface area contributed by atoms with Crippen LogP contribution in [0.4, 0.5) is 0 Å². The van der Waals surface area contributed by atoms with Crippen molar-refractivity contribution in [3.63, 3.8) is 0 Å². The van der Waals surface area contributed by atoms with Gasteiger partial charge < -0.3 is 0 Å². The topological polar surface area (TPSA) is 17.1 Å². The second-order valence-electron chi connectivity index (χ2n) is 5.12. The highest BCUT2D eigenvalue weighted by molar-refractivity contribution is 6.94. The number of hydrogen-bond acceptors (Lipinski definition) is 1. The Kier molecular flexibility index (Phi) is 2.19. The van der Waals surface area contributed by atoms with Crippen LogP contribution in [0.15, 0.2) is 29.8 Å². The van der Waals surface area contributed by atoms with Gasteiger partial charge in [-0.3, -0.25) is 4.79 Å². The van der Waals surface area contributed by atoms with Gasteiger partial charge in [0.1, 0.15) is 0 Å². The summed E-state index contributed by atoms with van der Waals surface area (Å²) >= 11 is 0. The Labute approximate surface area is 91.8 Å². The Morgan fingerprint density at radius 2 is 1.53 bits per heavy atom. The third kappa shape index (κ3) is 1.49. The lowest BCUT2D eigenvalue weighted by Crippen LogP contribution is -2.22. The van der Waals surface area contributed by atoms with E-state index in [9.17, 15) is 4.79 Å². The molecule has 0 aromatic heterocycles. The van der Waals surface area contributed by atoms with E-state index in [-0.39, 0.29) is 5.78 Å². The van der Waals surface area contributed by atoms with Gasteiger partial charge in [-0.1, -0.05) is 43.9 Å². The molecule has 0 amide bonds. The average molecular weight is 216 g/mol. The summed E-state index contributed by atoms with van der Waals surface area (Å²) in [4.78, 5) is 12.0. The molecule has 1 aliphatic rings.